The first-order valence-corrected chi connectivity index (χ1v) is 7.21. The van der Waals surface area contributed by atoms with Gasteiger partial charge in [0, 0.05) is 5.69 Å². The summed E-state index contributed by atoms with van der Waals surface area (Å²) in [4.78, 5) is 12.2. The maximum Gasteiger partial charge on any atom is 0.258 e. The molecule has 0 bridgehead atoms. The molecule has 0 heterocycles. The maximum atomic E-state index is 12.2. The van der Waals surface area contributed by atoms with Crippen LogP contribution < -0.4 is 5.32 Å². The van der Waals surface area contributed by atoms with Gasteiger partial charge in [0.2, 0.25) is 0 Å². The zero-order valence-corrected chi connectivity index (χ0v) is 12.6. The molecule has 2 rings (SSSR count). The van der Waals surface area contributed by atoms with Crippen LogP contribution >= 0.6 is 23.2 Å². The van der Waals surface area contributed by atoms with Crippen molar-refractivity contribution in [3.63, 3.8) is 0 Å². The molecule has 2 aromatic rings. The number of rotatable bonds is 4. The number of carbonyl (C=O) groups is 1. The van der Waals surface area contributed by atoms with E-state index >= 15 is 0 Å². The van der Waals surface area contributed by atoms with E-state index in [1.54, 1.807) is 18.2 Å². The van der Waals surface area contributed by atoms with Gasteiger partial charge in [-0.2, -0.15) is 0 Å². The molecule has 1 amide bonds. The third-order valence-corrected chi connectivity index (χ3v) is 3.57. The zero-order valence-electron chi connectivity index (χ0n) is 11.1. The van der Waals surface area contributed by atoms with E-state index in [4.69, 9.17) is 23.2 Å². The Hall–Kier alpha value is -1.51. The van der Waals surface area contributed by atoms with E-state index in [1.807, 2.05) is 24.3 Å². The molecule has 0 aliphatic carbocycles. The van der Waals surface area contributed by atoms with Crippen molar-refractivity contribution < 1.29 is 4.79 Å². The van der Waals surface area contributed by atoms with Gasteiger partial charge in [-0.25, -0.2) is 0 Å². The zero-order chi connectivity index (χ0) is 14.5. The Bertz CT molecular complexity index is 588. The number of hydrogen-bond donors (Lipinski definition) is 1. The minimum absolute atomic E-state index is 0.300. The van der Waals surface area contributed by atoms with Crippen LogP contribution in [0.3, 0.4) is 0 Å². The number of hydrogen-bond acceptors (Lipinski definition) is 1. The minimum Gasteiger partial charge on any atom is -0.322 e. The monoisotopic (exact) mass is 307 g/mol. The fraction of sp³-hybridized carbons (Fsp3) is 0.188. The van der Waals surface area contributed by atoms with Crippen LogP contribution in [0.2, 0.25) is 10.0 Å². The summed E-state index contributed by atoms with van der Waals surface area (Å²) >= 11 is 12.0. The molecule has 0 unspecified atom stereocenters. The van der Waals surface area contributed by atoms with E-state index in [-0.39, 0.29) is 5.91 Å². The standard InChI is InChI=1S/C16H15Cl2NO/c1-2-4-11-7-9-12(10-8-11)19-16(20)15-13(17)5-3-6-14(15)18/h3,5-10H,2,4H2,1H3,(H,19,20). The Labute approximate surface area is 128 Å². The molecule has 0 atom stereocenters. The molecule has 0 aliphatic rings. The third-order valence-electron chi connectivity index (χ3n) is 2.94. The van der Waals surface area contributed by atoms with Gasteiger partial charge in [0.25, 0.3) is 5.91 Å². The predicted octanol–water partition coefficient (Wildman–Crippen LogP) is 5.20. The highest BCUT2D eigenvalue weighted by molar-refractivity contribution is 6.40. The molecule has 0 fully saturated rings. The van der Waals surface area contributed by atoms with Crippen LogP contribution in [-0.4, -0.2) is 5.91 Å². The maximum absolute atomic E-state index is 12.2. The van der Waals surface area contributed by atoms with Crippen molar-refractivity contribution >= 4 is 34.8 Å². The Morgan fingerprint density at radius 2 is 1.65 bits per heavy atom. The predicted molar refractivity (Wildman–Crippen MR) is 84.9 cm³/mol. The molecule has 0 spiro atoms. The molecule has 0 radical (unpaired) electrons. The number of anilines is 1. The molecule has 4 heteroatoms. The highest BCUT2D eigenvalue weighted by Crippen LogP contribution is 2.25. The Kier molecular flexibility index (Phi) is 5.05. The van der Waals surface area contributed by atoms with Gasteiger partial charge in [-0.05, 0) is 36.2 Å². The van der Waals surface area contributed by atoms with Gasteiger partial charge in [-0.1, -0.05) is 54.7 Å². The van der Waals surface area contributed by atoms with E-state index in [2.05, 4.69) is 12.2 Å². The number of aryl methyl sites for hydroxylation is 1. The number of benzene rings is 2. The van der Waals surface area contributed by atoms with Crippen LogP contribution in [0.4, 0.5) is 5.69 Å². The van der Waals surface area contributed by atoms with Crippen LogP contribution in [0, 0.1) is 0 Å². The van der Waals surface area contributed by atoms with Crippen molar-refractivity contribution in [1.29, 1.82) is 0 Å². The molecule has 0 aliphatic heterocycles. The van der Waals surface area contributed by atoms with Gasteiger partial charge < -0.3 is 5.32 Å². The molecular formula is C16H15Cl2NO. The van der Waals surface area contributed by atoms with Crippen molar-refractivity contribution in [3.8, 4) is 0 Å². The van der Waals surface area contributed by atoms with Crippen LogP contribution in [0.25, 0.3) is 0 Å². The topological polar surface area (TPSA) is 29.1 Å². The summed E-state index contributed by atoms with van der Waals surface area (Å²) in [5.74, 6) is -0.302. The Morgan fingerprint density at radius 1 is 1.05 bits per heavy atom. The highest BCUT2D eigenvalue weighted by Gasteiger charge is 2.14. The summed E-state index contributed by atoms with van der Waals surface area (Å²) in [6, 6.07) is 12.8. The van der Waals surface area contributed by atoms with Crippen LogP contribution in [0.1, 0.15) is 29.3 Å². The molecule has 2 aromatic carbocycles. The molecule has 0 saturated heterocycles. The van der Waals surface area contributed by atoms with Crippen molar-refractivity contribution in [2.24, 2.45) is 0 Å². The molecular weight excluding hydrogens is 293 g/mol. The minimum atomic E-state index is -0.302. The lowest BCUT2D eigenvalue weighted by atomic mass is 10.1. The second-order valence-electron chi connectivity index (χ2n) is 4.50. The first-order chi connectivity index (χ1) is 9.61. The Balaban J connectivity index is 2.15. The second kappa shape index (κ2) is 6.78. The summed E-state index contributed by atoms with van der Waals surface area (Å²) in [6.07, 6.45) is 2.13. The average Bonchev–Trinajstić information content (AvgIpc) is 2.41. The number of halogens is 2. The van der Waals surface area contributed by atoms with Crippen LogP contribution in [0.5, 0.6) is 0 Å². The van der Waals surface area contributed by atoms with Gasteiger partial charge in [-0.15, -0.1) is 0 Å². The fourth-order valence-corrected chi connectivity index (χ4v) is 2.52. The molecule has 1 N–H and O–H groups in total. The van der Waals surface area contributed by atoms with Gasteiger partial charge >= 0.3 is 0 Å². The third kappa shape index (κ3) is 3.53. The molecule has 20 heavy (non-hydrogen) atoms. The summed E-state index contributed by atoms with van der Waals surface area (Å²) in [7, 11) is 0. The van der Waals surface area contributed by atoms with Crippen LogP contribution in [-0.2, 0) is 6.42 Å². The van der Waals surface area contributed by atoms with Crippen LogP contribution in [0.15, 0.2) is 42.5 Å². The Morgan fingerprint density at radius 3 is 2.20 bits per heavy atom. The van der Waals surface area contributed by atoms with Gasteiger partial charge in [0.1, 0.15) is 0 Å². The first-order valence-electron chi connectivity index (χ1n) is 6.46. The molecule has 0 saturated carbocycles. The summed E-state index contributed by atoms with van der Waals surface area (Å²) < 4.78 is 0. The van der Waals surface area contributed by atoms with E-state index in [9.17, 15) is 4.79 Å². The number of nitrogens with one attached hydrogen (secondary N) is 1. The van der Waals surface area contributed by atoms with Gasteiger partial charge in [-0.3, -0.25) is 4.79 Å². The van der Waals surface area contributed by atoms with E-state index in [0.29, 0.717) is 15.6 Å². The smallest absolute Gasteiger partial charge is 0.258 e. The SMILES string of the molecule is CCCc1ccc(NC(=O)c2c(Cl)cccc2Cl)cc1. The lowest BCUT2D eigenvalue weighted by Crippen LogP contribution is -2.13. The van der Waals surface area contributed by atoms with E-state index in [1.165, 1.54) is 5.56 Å². The summed E-state index contributed by atoms with van der Waals surface area (Å²) in [5, 5.41) is 3.49. The normalized spacial score (nSPS) is 10.3. The van der Waals surface area contributed by atoms with Gasteiger partial charge in [0.15, 0.2) is 0 Å². The molecule has 2 nitrogen and oxygen atoms in total. The molecule has 0 aromatic heterocycles. The lowest BCUT2D eigenvalue weighted by molar-refractivity contribution is 0.102. The van der Waals surface area contributed by atoms with Crippen molar-refractivity contribution in [1.82, 2.24) is 0 Å². The summed E-state index contributed by atoms with van der Waals surface area (Å²) in [5.41, 5.74) is 2.28. The average molecular weight is 308 g/mol. The highest BCUT2D eigenvalue weighted by atomic mass is 35.5. The number of amides is 1. The van der Waals surface area contributed by atoms with Crippen molar-refractivity contribution in [3.05, 3.63) is 63.6 Å². The van der Waals surface area contributed by atoms with Crippen molar-refractivity contribution in [2.45, 2.75) is 19.8 Å². The first kappa shape index (κ1) is 14.9. The van der Waals surface area contributed by atoms with E-state index < -0.39 is 0 Å². The van der Waals surface area contributed by atoms with E-state index in [0.717, 1.165) is 18.5 Å². The fourth-order valence-electron chi connectivity index (χ4n) is 1.95. The summed E-state index contributed by atoms with van der Waals surface area (Å²) in [6.45, 7) is 2.13. The molecule has 104 valence electrons. The van der Waals surface area contributed by atoms with Crippen molar-refractivity contribution in [2.75, 3.05) is 5.32 Å². The quantitative estimate of drug-likeness (QED) is 0.826. The largest absolute Gasteiger partial charge is 0.322 e. The number of carbonyl (C=O) groups excluding carboxylic acids is 1. The van der Waals surface area contributed by atoms with Gasteiger partial charge in [0.05, 0.1) is 15.6 Å². The lowest BCUT2D eigenvalue weighted by Gasteiger charge is -2.09. The second-order valence-corrected chi connectivity index (χ2v) is 5.31.